The summed E-state index contributed by atoms with van der Waals surface area (Å²) < 4.78 is 42.2. The van der Waals surface area contributed by atoms with Crippen molar-refractivity contribution in [2.45, 2.75) is 13.1 Å². The van der Waals surface area contributed by atoms with Crippen LogP contribution in [0.3, 0.4) is 0 Å². The second kappa shape index (κ2) is 7.23. The lowest BCUT2D eigenvalue weighted by molar-refractivity contribution is -0.143. The number of aromatic nitrogens is 5. The van der Waals surface area contributed by atoms with E-state index in [-0.39, 0.29) is 5.69 Å². The Morgan fingerprint density at radius 1 is 1.06 bits per heavy atom. The molecule has 9 nitrogen and oxygen atoms in total. The second-order valence-corrected chi connectivity index (χ2v) is 6.52. The molecule has 4 aromatic rings. The number of hydrogen-bond donors (Lipinski definition) is 2. The maximum atomic E-state index is 13.4. The van der Waals surface area contributed by atoms with E-state index in [4.69, 9.17) is 5.11 Å². The van der Waals surface area contributed by atoms with Gasteiger partial charge in [-0.05, 0) is 43.3 Å². The highest BCUT2D eigenvalue weighted by Crippen LogP contribution is 2.33. The lowest BCUT2D eigenvalue weighted by atomic mass is 10.2. The highest BCUT2D eigenvalue weighted by molar-refractivity contribution is 6.04. The van der Waals surface area contributed by atoms with Crippen LogP contribution < -0.4 is 5.32 Å². The Morgan fingerprint density at radius 2 is 1.77 bits per heavy atom. The summed E-state index contributed by atoms with van der Waals surface area (Å²) >= 11 is 0. The van der Waals surface area contributed by atoms with Gasteiger partial charge < -0.3 is 10.4 Å². The monoisotopic (exact) mass is 430 g/mol. The van der Waals surface area contributed by atoms with Crippen molar-refractivity contribution < 1.29 is 27.9 Å². The van der Waals surface area contributed by atoms with Crippen molar-refractivity contribution >= 4 is 23.2 Å². The van der Waals surface area contributed by atoms with E-state index < -0.39 is 29.3 Å². The number of amides is 1. The second-order valence-electron chi connectivity index (χ2n) is 6.52. The Kier molecular flexibility index (Phi) is 4.68. The van der Waals surface area contributed by atoms with Crippen LogP contribution in [0.2, 0.25) is 0 Å². The number of aromatic carboxylic acids is 1. The number of carbonyl (C=O) groups is 2. The molecule has 1 amide bonds. The van der Waals surface area contributed by atoms with Gasteiger partial charge in [-0.25, -0.2) is 9.48 Å². The number of halogens is 3. The molecule has 3 heterocycles. The van der Waals surface area contributed by atoms with Crippen LogP contribution in [-0.4, -0.2) is 41.4 Å². The molecule has 0 aliphatic heterocycles. The number of nitrogens with one attached hydrogen (secondary N) is 1. The standard InChI is InChI=1S/C19H13F3N6O3/c1-10-25-26-15-7-2-11(9-27(10)15)17(29)24-12-3-5-13(6-4-12)28-16(19(20,21)22)14(8-23-28)18(30)31/h2-9H,1H3,(H,24,29)(H,30,31). The third-order valence-corrected chi connectivity index (χ3v) is 4.47. The predicted octanol–water partition coefficient (Wildman–Crippen LogP) is 3.19. The van der Waals surface area contributed by atoms with E-state index in [9.17, 15) is 22.8 Å². The molecular formula is C19H13F3N6O3. The molecule has 2 N–H and O–H groups in total. The summed E-state index contributed by atoms with van der Waals surface area (Å²) in [5.41, 5.74) is -1.12. The minimum atomic E-state index is -4.92. The van der Waals surface area contributed by atoms with Crippen LogP contribution in [0.25, 0.3) is 11.3 Å². The molecule has 0 fully saturated rings. The number of nitrogens with zero attached hydrogens (tertiary/aromatic N) is 5. The molecular weight excluding hydrogens is 417 g/mol. The van der Waals surface area contributed by atoms with Crippen LogP contribution >= 0.6 is 0 Å². The van der Waals surface area contributed by atoms with Gasteiger partial charge in [0.25, 0.3) is 5.91 Å². The molecule has 158 valence electrons. The molecule has 31 heavy (non-hydrogen) atoms. The summed E-state index contributed by atoms with van der Waals surface area (Å²) in [7, 11) is 0. The van der Waals surface area contributed by atoms with Gasteiger partial charge in [0.15, 0.2) is 11.3 Å². The fraction of sp³-hybridized carbons (Fsp3) is 0.105. The van der Waals surface area contributed by atoms with Crippen LogP contribution in [0, 0.1) is 6.92 Å². The number of aryl methyl sites for hydroxylation is 1. The lowest BCUT2D eigenvalue weighted by Crippen LogP contribution is -2.17. The molecule has 0 bridgehead atoms. The Hall–Kier alpha value is -4.22. The SMILES string of the molecule is Cc1nnc2ccc(C(=O)Nc3ccc(-n4ncc(C(=O)O)c4C(F)(F)F)cc3)cn12. The largest absolute Gasteiger partial charge is 0.478 e. The molecule has 0 saturated carbocycles. The van der Waals surface area contributed by atoms with Crippen molar-refractivity contribution in [3.63, 3.8) is 0 Å². The van der Waals surface area contributed by atoms with Crippen molar-refractivity contribution in [2.24, 2.45) is 0 Å². The summed E-state index contributed by atoms with van der Waals surface area (Å²) in [5.74, 6) is -1.57. The van der Waals surface area contributed by atoms with E-state index >= 15 is 0 Å². The molecule has 0 radical (unpaired) electrons. The Morgan fingerprint density at radius 3 is 2.42 bits per heavy atom. The number of rotatable bonds is 4. The van der Waals surface area contributed by atoms with Gasteiger partial charge in [-0.2, -0.15) is 18.3 Å². The first-order valence-electron chi connectivity index (χ1n) is 8.77. The molecule has 0 atom stereocenters. The van der Waals surface area contributed by atoms with Crippen LogP contribution in [-0.2, 0) is 6.18 Å². The van der Waals surface area contributed by atoms with Crippen molar-refractivity contribution in [1.82, 2.24) is 24.4 Å². The third kappa shape index (κ3) is 3.70. The zero-order chi connectivity index (χ0) is 22.3. The highest BCUT2D eigenvalue weighted by Gasteiger charge is 2.40. The molecule has 0 unspecified atom stereocenters. The topological polar surface area (TPSA) is 114 Å². The molecule has 0 spiro atoms. The summed E-state index contributed by atoms with van der Waals surface area (Å²) in [6, 6.07) is 8.55. The van der Waals surface area contributed by atoms with E-state index in [1.807, 2.05) is 0 Å². The summed E-state index contributed by atoms with van der Waals surface area (Å²) in [6.45, 7) is 1.74. The summed E-state index contributed by atoms with van der Waals surface area (Å²) in [6.07, 6.45) is -2.71. The minimum Gasteiger partial charge on any atom is -0.478 e. The average Bonchev–Trinajstić information content (AvgIpc) is 3.33. The molecule has 0 saturated heterocycles. The number of carboxylic acids is 1. The predicted molar refractivity (Wildman–Crippen MR) is 101 cm³/mol. The Balaban J connectivity index is 1.59. The Bertz CT molecular complexity index is 1310. The first-order chi connectivity index (χ1) is 14.6. The number of alkyl halides is 3. The summed E-state index contributed by atoms with van der Waals surface area (Å²) in [4.78, 5) is 23.6. The van der Waals surface area contributed by atoms with Crippen molar-refractivity contribution in [2.75, 3.05) is 5.32 Å². The molecule has 3 aromatic heterocycles. The van der Waals surface area contributed by atoms with E-state index in [1.54, 1.807) is 29.7 Å². The molecule has 1 aromatic carbocycles. The first-order valence-corrected chi connectivity index (χ1v) is 8.77. The van der Waals surface area contributed by atoms with Crippen molar-refractivity contribution in [3.05, 3.63) is 71.4 Å². The van der Waals surface area contributed by atoms with Gasteiger partial charge in [0.1, 0.15) is 11.4 Å². The maximum Gasteiger partial charge on any atom is 0.434 e. The number of fused-ring (bicyclic) bond motifs is 1. The maximum absolute atomic E-state index is 13.4. The van der Waals surface area contributed by atoms with Crippen LogP contribution in [0.1, 0.15) is 32.2 Å². The lowest BCUT2D eigenvalue weighted by Gasteiger charge is -2.12. The minimum absolute atomic E-state index is 0.0145. The van der Waals surface area contributed by atoms with Gasteiger partial charge in [-0.15, -0.1) is 10.2 Å². The molecule has 0 aliphatic rings. The van der Waals surface area contributed by atoms with Gasteiger partial charge in [0, 0.05) is 11.9 Å². The fourth-order valence-electron chi connectivity index (χ4n) is 3.00. The van der Waals surface area contributed by atoms with E-state index in [2.05, 4.69) is 20.6 Å². The number of carboxylic acid groups (broad SMARTS) is 1. The van der Waals surface area contributed by atoms with Gasteiger partial charge in [0.2, 0.25) is 0 Å². The van der Waals surface area contributed by atoms with Gasteiger partial charge in [-0.3, -0.25) is 9.20 Å². The van der Waals surface area contributed by atoms with Gasteiger partial charge in [0.05, 0.1) is 17.4 Å². The van der Waals surface area contributed by atoms with E-state index in [0.717, 1.165) is 0 Å². The number of benzene rings is 1. The molecule has 0 aliphatic carbocycles. The summed E-state index contributed by atoms with van der Waals surface area (Å²) in [5, 5.41) is 23.0. The van der Waals surface area contributed by atoms with E-state index in [1.165, 1.54) is 24.3 Å². The molecule has 4 rings (SSSR count). The number of hydrogen-bond acceptors (Lipinski definition) is 5. The van der Waals surface area contributed by atoms with Crippen LogP contribution in [0.15, 0.2) is 48.8 Å². The normalized spacial score (nSPS) is 11.6. The molecule has 12 heteroatoms. The van der Waals surface area contributed by atoms with E-state index in [0.29, 0.717) is 33.6 Å². The highest BCUT2D eigenvalue weighted by atomic mass is 19.4. The van der Waals surface area contributed by atoms with Crippen molar-refractivity contribution in [3.8, 4) is 5.69 Å². The fourth-order valence-corrected chi connectivity index (χ4v) is 3.00. The quantitative estimate of drug-likeness (QED) is 0.514. The number of anilines is 1. The third-order valence-electron chi connectivity index (χ3n) is 4.47. The zero-order valence-corrected chi connectivity index (χ0v) is 15.8. The van der Waals surface area contributed by atoms with Gasteiger partial charge in [-0.1, -0.05) is 0 Å². The number of pyridine rings is 1. The Labute approximate surface area is 171 Å². The first kappa shape index (κ1) is 20.1. The van der Waals surface area contributed by atoms with Crippen molar-refractivity contribution in [1.29, 1.82) is 0 Å². The number of carbonyl (C=O) groups excluding carboxylic acids is 1. The van der Waals surface area contributed by atoms with Gasteiger partial charge >= 0.3 is 12.1 Å². The van der Waals surface area contributed by atoms with Crippen LogP contribution in [0.5, 0.6) is 0 Å². The van der Waals surface area contributed by atoms with Crippen LogP contribution in [0.4, 0.5) is 18.9 Å². The average molecular weight is 430 g/mol. The zero-order valence-electron chi connectivity index (χ0n) is 15.8. The smallest absolute Gasteiger partial charge is 0.434 e.